The first-order valence-corrected chi connectivity index (χ1v) is 5.16. The number of primary amides is 1. The van der Waals surface area contributed by atoms with Crippen molar-refractivity contribution < 1.29 is 4.79 Å². The lowest BCUT2D eigenvalue weighted by Gasteiger charge is -2.10. The average molecular weight is 278 g/mol. The van der Waals surface area contributed by atoms with Crippen molar-refractivity contribution in [1.82, 2.24) is 0 Å². The molecule has 0 saturated carbocycles. The molecule has 0 saturated heterocycles. The van der Waals surface area contributed by atoms with Gasteiger partial charge in [-0.05, 0) is 33.6 Å². The number of hydrogen-bond donors (Lipinski definition) is 2. The maximum atomic E-state index is 10.6. The van der Waals surface area contributed by atoms with E-state index in [0.717, 1.165) is 10.0 Å². The van der Waals surface area contributed by atoms with Crippen LogP contribution in [0.3, 0.4) is 0 Å². The molecule has 0 aliphatic rings. The van der Waals surface area contributed by atoms with Crippen LogP contribution in [-0.4, -0.2) is 5.91 Å². The molecule has 5 heteroatoms. The van der Waals surface area contributed by atoms with Gasteiger partial charge in [-0.25, -0.2) is 0 Å². The standard InChI is InChI=1S/C9H10BrClN2O/c10-6-2-1-5(3-7(6)11)8(12)4-9(13)14/h1-3,8H,4,12H2,(H2,13,14)/t8-/m1/s1. The van der Waals surface area contributed by atoms with E-state index in [2.05, 4.69) is 15.9 Å². The Balaban J connectivity index is 2.85. The molecule has 76 valence electrons. The molecule has 1 amide bonds. The number of rotatable bonds is 3. The number of nitrogens with two attached hydrogens (primary N) is 2. The van der Waals surface area contributed by atoms with E-state index >= 15 is 0 Å². The molecule has 14 heavy (non-hydrogen) atoms. The Kier molecular flexibility index (Phi) is 3.92. The summed E-state index contributed by atoms with van der Waals surface area (Å²) in [5, 5.41) is 0.572. The van der Waals surface area contributed by atoms with Crippen molar-refractivity contribution in [2.24, 2.45) is 11.5 Å². The lowest BCUT2D eigenvalue weighted by Crippen LogP contribution is -2.20. The maximum absolute atomic E-state index is 10.6. The van der Waals surface area contributed by atoms with E-state index in [1.807, 2.05) is 6.07 Å². The van der Waals surface area contributed by atoms with Crippen molar-refractivity contribution >= 4 is 33.4 Å². The van der Waals surface area contributed by atoms with Crippen molar-refractivity contribution in [3.05, 3.63) is 33.3 Å². The van der Waals surface area contributed by atoms with Crippen molar-refractivity contribution in [2.75, 3.05) is 0 Å². The smallest absolute Gasteiger partial charge is 0.219 e. The predicted molar refractivity (Wildman–Crippen MR) is 59.9 cm³/mol. The number of carbonyl (C=O) groups is 1. The van der Waals surface area contributed by atoms with Gasteiger partial charge in [0.15, 0.2) is 0 Å². The number of carbonyl (C=O) groups excluding carboxylic acids is 1. The number of halogens is 2. The Hall–Kier alpha value is -0.580. The van der Waals surface area contributed by atoms with Crippen LogP contribution in [0.15, 0.2) is 22.7 Å². The van der Waals surface area contributed by atoms with E-state index in [1.54, 1.807) is 12.1 Å². The van der Waals surface area contributed by atoms with Gasteiger partial charge in [0.25, 0.3) is 0 Å². The van der Waals surface area contributed by atoms with Crippen LogP contribution >= 0.6 is 27.5 Å². The third kappa shape index (κ3) is 2.97. The molecule has 3 nitrogen and oxygen atoms in total. The SMILES string of the molecule is NC(=O)C[C@@H](N)c1ccc(Br)c(Cl)c1. The van der Waals surface area contributed by atoms with Gasteiger partial charge in [-0.2, -0.15) is 0 Å². The van der Waals surface area contributed by atoms with E-state index < -0.39 is 11.9 Å². The van der Waals surface area contributed by atoms with E-state index in [0.29, 0.717) is 5.02 Å². The van der Waals surface area contributed by atoms with Crippen LogP contribution in [0, 0.1) is 0 Å². The molecule has 0 unspecified atom stereocenters. The third-order valence-electron chi connectivity index (χ3n) is 1.79. The first kappa shape index (κ1) is 11.5. The van der Waals surface area contributed by atoms with Gasteiger partial charge in [0.1, 0.15) is 0 Å². The molecule has 1 rings (SSSR count). The third-order valence-corrected chi connectivity index (χ3v) is 3.03. The van der Waals surface area contributed by atoms with Gasteiger partial charge in [-0.15, -0.1) is 0 Å². The van der Waals surface area contributed by atoms with Crippen LogP contribution in [0.4, 0.5) is 0 Å². The minimum atomic E-state index is -0.420. The molecule has 0 aromatic heterocycles. The average Bonchev–Trinajstić information content (AvgIpc) is 2.08. The molecule has 0 fully saturated rings. The summed E-state index contributed by atoms with van der Waals surface area (Å²) in [6, 6.07) is 4.93. The number of hydrogen-bond acceptors (Lipinski definition) is 2. The van der Waals surface area contributed by atoms with E-state index in [1.165, 1.54) is 0 Å². The fraction of sp³-hybridized carbons (Fsp3) is 0.222. The highest BCUT2D eigenvalue weighted by Crippen LogP contribution is 2.26. The lowest BCUT2D eigenvalue weighted by atomic mass is 10.0. The molecule has 0 bridgehead atoms. The quantitative estimate of drug-likeness (QED) is 0.887. The van der Waals surface area contributed by atoms with Gasteiger partial charge in [-0.1, -0.05) is 17.7 Å². The zero-order valence-corrected chi connectivity index (χ0v) is 9.68. The highest BCUT2D eigenvalue weighted by atomic mass is 79.9. The summed E-state index contributed by atoms with van der Waals surface area (Å²) in [6.45, 7) is 0. The Morgan fingerprint density at radius 1 is 1.57 bits per heavy atom. The van der Waals surface area contributed by atoms with Crippen molar-refractivity contribution in [3.8, 4) is 0 Å². The second-order valence-electron chi connectivity index (χ2n) is 2.95. The molecule has 1 aromatic rings. The van der Waals surface area contributed by atoms with Crippen molar-refractivity contribution in [2.45, 2.75) is 12.5 Å². The normalized spacial score (nSPS) is 12.5. The zero-order chi connectivity index (χ0) is 10.7. The van der Waals surface area contributed by atoms with E-state index in [-0.39, 0.29) is 6.42 Å². The van der Waals surface area contributed by atoms with Gasteiger partial charge in [-0.3, -0.25) is 4.79 Å². The molecule has 0 radical (unpaired) electrons. The van der Waals surface area contributed by atoms with Crippen LogP contribution in [-0.2, 0) is 4.79 Å². The summed E-state index contributed by atoms with van der Waals surface area (Å²) < 4.78 is 0.800. The fourth-order valence-electron chi connectivity index (χ4n) is 1.08. The highest BCUT2D eigenvalue weighted by Gasteiger charge is 2.10. The molecular weight excluding hydrogens is 267 g/mol. The summed E-state index contributed by atoms with van der Waals surface area (Å²) in [4.78, 5) is 10.6. The van der Waals surface area contributed by atoms with Gasteiger partial charge in [0.2, 0.25) is 5.91 Å². The summed E-state index contributed by atoms with van der Waals surface area (Å²) in [7, 11) is 0. The van der Waals surface area contributed by atoms with Crippen molar-refractivity contribution in [3.63, 3.8) is 0 Å². The second-order valence-corrected chi connectivity index (χ2v) is 4.21. The molecule has 0 heterocycles. The van der Waals surface area contributed by atoms with Gasteiger partial charge in [0.05, 0.1) is 5.02 Å². The summed E-state index contributed by atoms with van der Waals surface area (Å²) in [5.41, 5.74) is 11.6. The molecule has 0 aliphatic carbocycles. The Labute approximate surface area is 95.5 Å². The van der Waals surface area contributed by atoms with E-state index in [4.69, 9.17) is 23.1 Å². The summed E-state index contributed by atoms with van der Waals surface area (Å²) in [5.74, 6) is -0.420. The van der Waals surface area contributed by atoms with E-state index in [9.17, 15) is 4.79 Å². The highest BCUT2D eigenvalue weighted by molar-refractivity contribution is 9.10. The number of amides is 1. The fourth-order valence-corrected chi connectivity index (χ4v) is 1.51. The molecule has 0 spiro atoms. The lowest BCUT2D eigenvalue weighted by molar-refractivity contribution is -0.118. The summed E-state index contributed by atoms with van der Waals surface area (Å²) >= 11 is 9.14. The Morgan fingerprint density at radius 2 is 2.21 bits per heavy atom. The molecule has 0 aliphatic heterocycles. The first-order valence-electron chi connectivity index (χ1n) is 3.99. The molecular formula is C9H10BrClN2O. The maximum Gasteiger partial charge on any atom is 0.219 e. The monoisotopic (exact) mass is 276 g/mol. The van der Waals surface area contributed by atoms with Crippen molar-refractivity contribution in [1.29, 1.82) is 0 Å². The Morgan fingerprint density at radius 3 is 2.71 bits per heavy atom. The number of benzene rings is 1. The van der Waals surface area contributed by atoms with Crippen LogP contribution in [0.25, 0.3) is 0 Å². The first-order chi connectivity index (χ1) is 6.50. The minimum absolute atomic E-state index is 0.123. The van der Waals surface area contributed by atoms with Gasteiger partial charge >= 0.3 is 0 Å². The van der Waals surface area contributed by atoms with Gasteiger partial charge in [0, 0.05) is 16.9 Å². The molecule has 4 N–H and O–H groups in total. The predicted octanol–water partition coefficient (Wildman–Crippen LogP) is 1.98. The summed E-state index contributed by atoms with van der Waals surface area (Å²) in [6.07, 6.45) is 0.123. The van der Waals surface area contributed by atoms with Crippen LogP contribution in [0.2, 0.25) is 5.02 Å². The van der Waals surface area contributed by atoms with Crippen LogP contribution in [0.1, 0.15) is 18.0 Å². The zero-order valence-electron chi connectivity index (χ0n) is 7.34. The van der Waals surface area contributed by atoms with Crippen LogP contribution < -0.4 is 11.5 Å². The minimum Gasteiger partial charge on any atom is -0.370 e. The Bertz CT molecular complexity index is 357. The topological polar surface area (TPSA) is 69.1 Å². The van der Waals surface area contributed by atoms with Gasteiger partial charge < -0.3 is 11.5 Å². The largest absolute Gasteiger partial charge is 0.370 e. The van der Waals surface area contributed by atoms with Crippen LogP contribution in [0.5, 0.6) is 0 Å². The molecule has 1 atom stereocenters. The second kappa shape index (κ2) is 4.77. The molecule has 1 aromatic carbocycles.